The number of amides is 1. The lowest BCUT2D eigenvalue weighted by Gasteiger charge is -2.18. The Morgan fingerprint density at radius 3 is 2.50 bits per heavy atom. The van der Waals surface area contributed by atoms with Crippen molar-refractivity contribution in [2.75, 3.05) is 13.2 Å². The molecule has 3 N–H and O–H groups in total. The van der Waals surface area contributed by atoms with Crippen molar-refractivity contribution in [3.63, 3.8) is 0 Å². The summed E-state index contributed by atoms with van der Waals surface area (Å²) in [5, 5.41) is 2.91. The Morgan fingerprint density at radius 2 is 1.90 bits per heavy atom. The molecule has 0 saturated heterocycles. The van der Waals surface area contributed by atoms with Gasteiger partial charge in [-0.2, -0.15) is 0 Å². The van der Waals surface area contributed by atoms with Gasteiger partial charge in [0, 0.05) is 18.5 Å². The zero-order valence-corrected chi connectivity index (χ0v) is 12.6. The normalized spacial score (nSPS) is 15.4. The minimum atomic E-state index is -0.160. The maximum Gasteiger partial charge on any atom is 0.224 e. The lowest BCUT2D eigenvalue weighted by atomic mass is 10.0. The maximum absolute atomic E-state index is 11.8. The van der Waals surface area contributed by atoms with E-state index in [1.54, 1.807) is 0 Å². The number of carbonyl (C=O) groups is 1. The van der Waals surface area contributed by atoms with Crippen LogP contribution in [-0.2, 0) is 16.1 Å². The summed E-state index contributed by atoms with van der Waals surface area (Å²) in [6, 6.07) is 9.93. The molecule has 3 unspecified atom stereocenters. The van der Waals surface area contributed by atoms with E-state index < -0.39 is 0 Å². The van der Waals surface area contributed by atoms with E-state index in [1.165, 1.54) is 0 Å². The number of benzene rings is 1. The van der Waals surface area contributed by atoms with Crippen LogP contribution >= 0.6 is 0 Å². The van der Waals surface area contributed by atoms with Crippen molar-refractivity contribution in [3.8, 4) is 0 Å². The molecule has 0 saturated carbocycles. The summed E-state index contributed by atoms with van der Waals surface area (Å²) in [4.78, 5) is 11.8. The van der Waals surface area contributed by atoms with Crippen molar-refractivity contribution >= 4 is 5.91 Å². The second-order valence-corrected chi connectivity index (χ2v) is 5.50. The van der Waals surface area contributed by atoms with Crippen LogP contribution < -0.4 is 11.1 Å². The third-order valence-electron chi connectivity index (χ3n) is 3.34. The molecule has 0 aromatic heterocycles. The summed E-state index contributed by atoms with van der Waals surface area (Å²) in [5.41, 5.74) is 6.86. The Hall–Kier alpha value is -1.39. The highest BCUT2D eigenvalue weighted by Gasteiger charge is 2.17. The average Bonchev–Trinajstić information content (AvgIpc) is 2.45. The smallest absolute Gasteiger partial charge is 0.224 e. The molecule has 4 nitrogen and oxygen atoms in total. The zero-order valence-electron chi connectivity index (χ0n) is 12.6. The monoisotopic (exact) mass is 278 g/mol. The summed E-state index contributed by atoms with van der Waals surface area (Å²) in [5.74, 6) is 0.130. The summed E-state index contributed by atoms with van der Waals surface area (Å²) in [6.07, 6.45) is 0. The molecule has 0 spiro atoms. The Balaban J connectivity index is 2.17. The van der Waals surface area contributed by atoms with E-state index in [4.69, 9.17) is 10.5 Å². The fourth-order valence-electron chi connectivity index (χ4n) is 1.69. The van der Waals surface area contributed by atoms with Crippen molar-refractivity contribution in [2.45, 2.75) is 33.4 Å². The van der Waals surface area contributed by atoms with Gasteiger partial charge in [-0.05, 0) is 18.4 Å². The minimum Gasteiger partial charge on any atom is -0.376 e. The summed E-state index contributed by atoms with van der Waals surface area (Å²) in [7, 11) is 0. The van der Waals surface area contributed by atoms with Gasteiger partial charge in [-0.25, -0.2) is 0 Å². The fourth-order valence-corrected chi connectivity index (χ4v) is 1.69. The first-order valence-corrected chi connectivity index (χ1v) is 7.15. The molecule has 0 heterocycles. The van der Waals surface area contributed by atoms with E-state index in [2.05, 4.69) is 12.2 Å². The fraction of sp³-hybridized carbons (Fsp3) is 0.562. The molecule has 1 rings (SSSR count). The highest BCUT2D eigenvalue weighted by Crippen LogP contribution is 2.04. The second-order valence-electron chi connectivity index (χ2n) is 5.50. The first-order valence-electron chi connectivity index (χ1n) is 7.15. The predicted octanol–water partition coefficient (Wildman–Crippen LogP) is 1.94. The molecule has 112 valence electrons. The van der Waals surface area contributed by atoms with Gasteiger partial charge in [-0.3, -0.25) is 4.79 Å². The van der Waals surface area contributed by atoms with E-state index in [9.17, 15) is 4.79 Å². The summed E-state index contributed by atoms with van der Waals surface area (Å²) < 4.78 is 5.65. The highest BCUT2D eigenvalue weighted by molar-refractivity contribution is 5.78. The van der Waals surface area contributed by atoms with Crippen molar-refractivity contribution in [1.82, 2.24) is 5.32 Å². The van der Waals surface area contributed by atoms with Gasteiger partial charge in [0.1, 0.15) is 0 Å². The van der Waals surface area contributed by atoms with E-state index >= 15 is 0 Å². The standard InChI is InChI=1S/C16H26N2O2/c1-12(9-18-16(19)13(2)14(3)17)10-20-11-15-7-5-4-6-8-15/h4-8,12-14H,9-11,17H2,1-3H3,(H,18,19). The lowest BCUT2D eigenvalue weighted by Crippen LogP contribution is -2.40. The topological polar surface area (TPSA) is 64.4 Å². The molecule has 4 heteroatoms. The number of ether oxygens (including phenoxy) is 1. The molecule has 1 amide bonds. The first kappa shape index (κ1) is 16.7. The number of hydrogen-bond donors (Lipinski definition) is 2. The second kappa shape index (κ2) is 8.72. The van der Waals surface area contributed by atoms with Crippen molar-refractivity contribution < 1.29 is 9.53 Å². The molecule has 1 aromatic rings. The minimum absolute atomic E-state index is 0.00918. The van der Waals surface area contributed by atoms with Gasteiger partial charge in [0.15, 0.2) is 0 Å². The van der Waals surface area contributed by atoms with Gasteiger partial charge < -0.3 is 15.8 Å². The SMILES string of the molecule is CC(CNC(=O)C(C)C(C)N)COCc1ccccc1. The molecule has 0 radical (unpaired) electrons. The van der Waals surface area contributed by atoms with Crippen molar-refractivity contribution in [2.24, 2.45) is 17.6 Å². The number of hydrogen-bond acceptors (Lipinski definition) is 3. The molecule has 0 bridgehead atoms. The molecular formula is C16H26N2O2. The van der Waals surface area contributed by atoms with Crippen LogP contribution in [0.2, 0.25) is 0 Å². The van der Waals surface area contributed by atoms with Crippen LogP contribution in [-0.4, -0.2) is 25.1 Å². The van der Waals surface area contributed by atoms with Crippen LogP contribution in [0.3, 0.4) is 0 Å². The Morgan fingerprint density at radius 1 is 1.25 bits per heavy atom. The van der Waals surface area contributed by atoms with Crippen LogP contribution in [0.1, 0.15) is 26.3 Å². The van der Waals surface area contributed by atoms with E-state index in [1.807, 2.05) is 44.2 Å². The molecular weight excluding hydrogens is 252 g/mol. The van der Waals surface area contributed by atoms with Gasteiger partial charge in [0.25, 0.3) is 0 Å². The third-order valence-corrected chi connectivity index (χ3v) is 3.34. The molecule has 20 heavy (non-hydrogen) atoms. The van der Waals surface area contributed by atoms with E-state index in [0.29, 0.717) is 19.8 Å². The number of carbonyl (C=O) groups excluding carboxylic acids is 1. The van der Waals surface area contributed by atoms with E-state index in [-0.39, 0.29) is 23.8 Å². The Kier molecular flexibility index (Phi) is 7.26. The van der Waals surface area contributed by atoms with Gasteiger partial charge in [0.05, 0.1) is 13.2 Å². The maximum atomic E-state index is 11.8. The van der Waals surface area contributed by atoms with Gasteiger partial charge in [0.2, 0.25) is 5.91 Å². The average molecular weight is 278 g/mol. The number of nitrogens with two attached hydrogens (primary N) is 1. The van der Waals surface area contributed by atoms with Crippen LogP contribution in [0, 0.1) is 11.8 Å². The van der Waals surface area contributed by atoms with Gasteiger partial charge in [-0.1, -0.05) is 44.2 Å². The molecule has 0 fully saturated rings. The van der Waals surface area contributed by atoms with Crippen molar-refractivity contribution in [3.05, 3.63) is 35.9 Å². The van der Waals surface area contributed by atoms with Gasteiger partial charge in [-0.15, -0.1) is 0 Å². The summed E-state index contributed by atoms with van der Waals surface area (Å²) >= 11 is 0. The predicted molar refractivity (Wildman–Crippen MR) is 81.1 cm³/mol. The molecule has 1 aromatic carbocycles. The Labute approximate surface area is 121 Å². The quantitative estimate of drug-likeness (QED) is 0.764. The van der Waals surface area contributed by atoms with Crippen molar-refractivity contribution in [1.29, 1.82) is 0 Å². The molecule has 3 atom stereocenters. The zero-order chi connectivity index (χ0) is 15.0. The number of rotatable bonds is 8. The van der Waals surface area contributed by atoms with Crippen LogP contribution in [0.25, 0.3) is 0 Å². The largest absolute Gasteiger partial charge is 0.376 e. The lowest BCUT2D eigenvalue weighted by molar-refractivity contribution is -0.125. The Bertz CT molecular complexity index is 393. The number of nitrogens with one attached hydrogen (secondary N) is 1. The van der Waals surface area contributed by atoms with Crippen LogP contribution in [0.5, 0.6) is 0 Å². The molecule has 0 aliphatic rings. The molecule has 0 aliphatic carbocycles. The third kappa shape index (κ3) is 6.17. The van der Waals surface area contributed by atoms with Crippen LogP contribution in [0.4, 0.5) is 0 Å². The first-order chi connectivity index (χ1) is 9.50. The highest BCUT2D eigenvalue weighted by atomic mass is 16.5. The molecule has 0 aliphatic heterocycles. The van der Waals surface area contributed by atoms with Gasteiger partial charge >= 0.3 is 0 Å². The van der Waals surface area contributed by atoms with E-state index in [0.717, 1.165) is 5.56 Å². The summed E-state index contributed by atoms with van der Waals surface area (Å²) in [6.45, 7) is 7.59. The van der Waals surface area contributed by atoms with Crippen LogP contribution in [0.15, 0.2) is 30.3 Å².